The van der Waals surface area contributed by atoms with Gasteiger partial charge in [-0.1, -0.05) is 11.6 Å². The molecule has 0 aliphatic heterocycles. The highest BCUT2D eigenvalue weighted by Crippen LogP contribution is 2.34. The SMILES string of the molecule is Nc1ncc(Oc2ccc(Cl)cc2)c(N[C@@H]2CC[C@H](CCO)C2)n1. The maximum atomic E-state index is 9.08. The van der Waals surface area contributed by atoms with Crippen LogP contribution in [-0.4, -0.2) is 27.7 Å². The first-order chi connectivity index (χ1) is 11.6. The van der Waals surface area contributed by atoms with Crippen molar-refractivity contribution in [2.45, 2.75) is 31.7 Å². The van der Waals surface area contributed by atoms with Gasteiger partial charge in [-0.15, -0.1) is 0 Å². The van der Waals surface area contributed by atoms with Crippen LogP contribution in [-0.2, 0) is 0 Å². The van der Waals surface area contributed by atoms with Crippen LogP contribution in [0.2, 0.25) is 5.02 Å². The van der Waals surface area contributed by atoms with Crippen molar-refractivity contribution in [3.05, 3.63) is 35.5 Å². The Balaban J connectivity index is 1.72. The van der Waals surface area contributed by atoms with Crippen molar-refractivity contribution in [2.75, 3.05) is 17.7 Å². The van der Waals surface area contributed by atoms with Crippen molar-refractivity contribution in [1.29, 1.82) is 0 Å². The van der Waals surface area contributed by atoms with E-state index in [4.69, 9.17) is 27.2 Å². The normalized spacial score (nSPS) is 20.1. The first-order valence-corrected chi connectivity index (χ1v) is 8.45. The molecule has 7 heteroatoms. The van der Waals surface area contributed by atoms with Crippen LogP contribution in [0.4, 0.5) is 11.8 Å². The van der Waals surface area contributed by atoms with Crippen LogP contribution in [0.1, 0.15) is 25.7 Å². The molecule has 24 heavy (non-hydrogen) atoms. The molecular weight excluding hydrogens is 328 g/mol. The number of nitrogens with two attached hydrogens (primary N) is 1. The number of hydrogen-bond acceptors (Lipinski definition) is 6. The fourth-order valence-electron chi connectivity index (χ4n) is 3.04. The second-order valence-corrected chi connectivity index (χ2v) is 6.47. The third-order valence-electron chi connectivity index (χ3n) is 4.23. The molecule has 2 aromatic rings. The summed E-state index contributed by atoms with van der Waals surface area (Å²) in [6.07, 6.45) is 5.56. The van der Waals surface area contributed by atoms with Gasteiger partial charge < -0.3 is 20.9 Å². The summed E-state index contributed by atoms with van der Waals surface area (Å²) < 4.78 is 5.86. The van der Waals surface area contributed by atoms with Crippen LogP contribution in [0.15, 0.2) is 30.5 Å². The van der Waals surface area contributed by atoms with Crippen molar-refractivity contribution in [2.24, 2.45) is 5.92 Å². The molecular formula is C17H21ClN4O2. The number of aromatic nitrogens is 2. The van der Waals surface area contributed by atoms with Crippen molar-refractivity contribution in [3.63, 3.8) is 0 Å². The predicted molar refractivity (Wildman–Crippen MR) is 94.4 cm³/mol. The quantitative estimate of drug-likeness (QED) is 0.740. The molecule has 1 saturated carbocycles. The lowest BCUT2D eigenvalue weighted by molar-refractivity contribution is 0.258. The van der Waals surface area contributed by atoms with Gasteiger partial charge in [-0.25, -0.2) is 4.98 Å². The van der Waals surface area contributed by atoms with E-state index in [9.17, 15) is 0 Å². The number of nitrogen functional groups attached to an aromatic ring is 1. The van der Waals surface area contributed by atoms with Crippen molar-refractivity contribution < 1.29 is 9.84 Å². The van der Waals surface area contributed by atoms with Gasteiger partial charge >= 0.3 is 0 Å². The number of nitrogens with zero attached hydrogens (tertiary/aromatic N) is 2. The van der Waals surface area contributed by atoms with E-state index in [0.29, 0.717) is 34.3 Å². The van der Waals surface area contributed by atoms with Crippen LogP contribution in [0.25, 0.3) is 0 Å². The monoisotopic (exact) mass is 348 g/mol. The Labute approximate surface area is 146 Å². The third kappa shape index (κ3) is 4.27. The van der Waals surface area contributed by atoms with E-state index in [0.717, 1.165) is 25.7 Å². The largest absolute Gasteiger partial charge is 0.452 e. The fraction of sp³-hybridized carbons (Fsp3) is 0.412. The molecule has 1 aliphatic carbocycles. The minimum atomic E-state index is 0.200. The Morgan fingerprint density at radius 1 is 1.29 bits per heavy atom. The van der Waals surface area contributed by atoms with Gasteiger partial charge in [0.1, 0.15) is 5.75 Å². The zero-order chi connectivity index (χ0) is 16.9. The standard InChI is InChI=1S/C17H21ClN4O2/c18-12-2-5-14(6-3-12)24-15-10-20-17(19)22-16(15)21-13-4-1-11(9-13)7-8-23/h2-3,5-6,10-11,13,23H,1,4,7-9H2,(H3,19,20,21,22)/t11-,13-/m1/s1. The highest BCUT2D eigenvalue weighted by molar-refractivity contribution is 6.30. The number of nitrogens with one attached hydrogen (secondary N) is 1. The second kappa shape index (κ2) is 7.68. The molecule has 1 aliphatic rings. The van der Waals surface area contributed by atoms with Gasteiger partial charge in [0, 0.05) is 17.7 Å². The fourth-order valence-corrected chi connectivity index (χ4v) is 3.16. The summed E-state index contributed by atoms with van der Waals surface area (Å²) in [7, 11) is 0. The molecule has 1 aromatic carbocycles. The molecule has 1 aromatic heterocycles. The summed E-state index contributed by atoms with van der Waals surface area (Å²) in [5.41, 5.74) is 5.72. The molecule has 3 rings (SSSR count). The Kier molecular flexibility index (Phi) is 5.37. The summed E-state index contributed by atoms with van der Waals surface area (Å²) in [4.78, 5) is 8.29. The van der Waals surface area contributed by atoms with Crippen LogP contribution in [0.3, 0.4) is 0 Å². The average molecular weight is 349 g/mol. The minimum Gasteiger partial charge on any atom is -0.452 e. The summed E-state index contributed by atoms with van der Waals surface area (Å²) in [6, 6.07) is 7.39. The van der Waals surface area contributed by atoms with E-state index in [1.807, 2.05) is 0 Å². The Hall–Kier alpha value is -2.05. The lowest BCUT2D eigenvalue weighted by Gasteiger charge is -2.17. The zero-order valence-electron chi connectivity index (χ0n) is 13.3. The lowest BCUT2D eigenvalue weighted by atomic mass is 10.0. The summed E-state index contributed by atoms with van der Waals surface area (Å²) in [6.45, 7) is 0.239. The van der Waals surface area contributed by atoms with Crippen molar-refractivity contribution in [3.8, 4) is 11.5 Å². The number of benzene rings is 1. The van der Waals surface area contributed by atoms with E-state index in [2.05, 4.69) is 15.3 Å². The Bertz CT molecular complexity index is 681. The van der Waals surface area contributed by atoms with E-state index >= 15 is 0 Å². The number of hydrogen-bond donors (Lipinski definition) is 3. The van der Waals surface area contributed by atoms with Gasteiger partial charge in [-0.2, -0.15) is 4.98 Å². The summed E-state index contributed by atoms with van der Waals surface area (Å²) in [5, 5.41) is 13.1. The second-order valence-electron chi connectivity index (χ2n) is 6.03. The number of anilines is 2. The molecule has 0 bridgehead atoms. The molecule has 1 heterocycles. The van der Waals surface area contributed by atoms with E-state index in [-0.39, 0.29) is 12.6 Å². The summed E-state index contributed by atoms with van der Waals surface area (Å²) >= 11 is 5.89. The number of halogens is 1. The topological polar surface area (TPSA) is 93.3 Å². The van der Waals surface area contributed by atoms with Crippen LogP contribution < -0.4 is 15.8 Å². The number of ether oxygens (including phenoxy) is 1. The van der Waals surface area contributed by atoms with Gasteiger partial charge in [0.25, 0.3) is 0 Å². The van der Waals surface area contributed by atoms with Gasteiger partial charge in [-0.05, 0) is 55.9 Å². The van der Waals surface area contributed by atoms with E-state index < -0.39 is 0 Å². The molecule has 0 spiro atoms. The lowest BCUT2D eigenvalue weighted by Crippen LogP contribution is -2.18. The minimum absolute atomic E-state index is 0.200. The molecule has 0 unspecified atom stereocenters. The molecule has 0 amide bonds. The Morgan fingerprint density at radius 3 is 2.83 bits per heavy atom. The predicted octanol–water partition coefficient (Wildman–Crippen LogP) is 3.47. The molecule has 0 radical (unpaired) electrons. The molecule has 6 nitrogen and oxygen atoms in total. The zero-order valence-corrected chi connectivity index (χ0v) is 14.0. The van der Waals surface area contributed by atoms with Gasteiger partial charge in [0.15, 0.2) is 11.6 Å². The summed E-state index contributed by atoms with van der Waals surface area (Å²) in [5.74, 6) is 2.52. The van der Waals surface area contributed by atoms with Gasteiger partial charge in [0.2, 0.25) is 5.95 Å². The van der Waals surface area contributed by atoms with Crippen molar-refractivity contribution >= 4 is 23.4 Å². The number of aliphatic hydroxyl groups excluding tert-OH is 1. The highest BCUT2D eigenvalue weighted by Gasteiger charge is 2.25. The first-order valence-electron chi connectivity index (χ1n) is 8.07. The molecule has 128 valence electrons. The maximum absolute atomic E-state index is 9.08. The van der Waals surface area contributed by atoms with Gasteiger partial charge in [-0.3, -0.25) is 0 Å². The highest BCUT2D eigenvalue weighted by atomic mass is 35.5. The molecule has 1 fully saturated rings. The first kappa shape index (κ1) is 16.8. The number of aliphatic hydroxyl groups is 1. The maximum Gasteiger partial charge on any atom is 0.222 e. The average Bonchev–Trinajstić information content (AvgIpc) is 3.00. The number of rotatable bonds is 6. The van der Waals surface area contributed by atoms with Crippen molar-refractivity contribution in [1.82, 2.24) is 9.97 Å². The smallest absolute Gasteiger partial charge is 0.222 e. The van der Waals surface area contributed by atoms with Crippen LogP contribution in [0.5, 0.6) is 11.5 Å². The third-order valence-corrected chi connectivity index (χ3v) is 4.49. The molecule has 4 N–H and O–H groups in total. The van der Waals surface area contributed by atoms with Crippen LogP contribution >= 0.6 is 11.6 Å². The molecule has 0 saturated heterocycles. The van der Waals surface area contributed by atoms with E-state index in [1.54, 1.807) is 30.5 Å². The van der Waals surface area contributed by atoms with Crippen LogP contribution in [0, 0.1) is 5.92 Å². The molecule has 2 atom stereocenters. The van der Waals surface area contributed by atoms with E-state index in [1.165, 1.54) is 0 Å². The van der Waals surface area contributed by atoms with Gasteiger partial charge in [0.05, 0.1) is 6.20 Å². The Morgan fingerprint density at radius 2 is 2.08 bits per heavy atom.